The Kier molecular flexibility index (Phi) is 6.60. The lowest BCUT2D eigenvalue weighted by atomic mass is 10.1. The Morgan fingerprint density at radius 2 is 2.00 bits per heavy atom. The fourth-order valence-electron chi connectivity index (χ4n) is 2.91. The number of amides is 1. The van der Waals surface area contributed by atoms with Gasteiger partial charge in [-0.15, -0.1) is 0 Å². The van der Waals surface area contributed by atoms with Crippen molar-refractivity contribution in [1.82, 2.24) is 10.3 Å². The first-order valence-corrected chi connectivity index (χ1v) is 9.56. The lowest BCUT2D eigenvalue weighted by Gasteiger charge is -2.08. The normalized spacial score (nSPS) is 10.7. The standard InChI is InChI=1S/C21H20Cl2N2O3/c1-13-10-15(6-8-18(13)27-2)20-19(25-12-28-20)21(26)24-9-3-4-14-5-7-16(22)17(23)11-14/h5-8,10-12H,3-4,9H2,1-2H3,(H,24,26). The number of aromatic nitrogens is 1. The summed E-state index contributed by atoms with van der Waals surface area (Å²) in [5, 5.41) is 3.95. The average Bonchev–Trinajstić information content (AvgIpc) is 3.17. The number of oxazole rings is 1. The number of rotatable bonds is 7. The zero-order chi connectivity index (χ0) is 20.1. The van der Waals surface area contributed by atoms with E-state index < -0.39 is 0 Å². The molecule has 28 heavy (non-hydrogen) atoms. The van der Waals surface area contributed by atoms with Gasteiger partial charge >= 0.3 is 0 Å². The molecule has 1 N–H and O–H groups in total. The molecule has 2 aromatic carbocycles. The molecule has 0 radical (unpaired) electrons. The molecule has 3 aromatic rings. The van der Waals surface area contributed by atoms with Gasteiger partial charge in [0.25, 0.3) is 5.91 Å². The lowest BCUT2D eigenvalue weighted by Crippen LogP contribution is -2.25. The molecule has 0 fully saturated rings. The lowest BCUT2D eigenvalue weighted by molar-refractivity contribution is 0.0949. The molecule has 0 aliphatic heterocycles. The van der Waals surface area contributed by atoms with Gasteiger partial charge < -0.3 is 14.5 Å². The van der Waals surface area contributed by atoms with Crippen LogP contribution in [0.4, 0.5) is 0 Å². The van der Waals surface area contributed by atoms with E-state index in [2.05, 4.69) is 10.3 Å². The van der Waals surface area contributed by atoms with Gasteiger partial charge in [-0.2, -0.15) is 0 Å². The van der Waals surface area contributed by atoms with Crippen molar-refractivity contribution in [2.45, 2.75) is 19.8 Å². The number of benzene rings is 2. The van der Waals surface area contributed by atoms with Crippen LogP contribution in [0.15, 0.2) is 47.2 Å². The van der Waals surface area contributed by atoms with Crippen molar-refractivity contribution in [2.75, 3.05) is 13.7 Å². The van der Waals surface area contributed by atoms with E-state index >= 15 is 0 Å². The summed E-state index contributed by atoms with van der Waals surface area (Å²) in [6.45, 7) is 2.44. The Hall–Kier alpha value is -2.50. The van der Waals surface area contributed by atoms with Crippen LogP contribution in [0.5, 0.6) is 5.75 Å². The number of aryl methyl sites for hydroxylation is 2. The molecule has 146 valence electrons. The molecule has 0 aliphatic carbocycles. The summed E-state index contributed by atoms with van der Waals surface area (Å²) < 4.78 is 10.7. The number of hydrogen-bond acceptors (Lipinski definition) is 4. The minimum atomic E-state index is -0.272. The highest BCUT2D eigenvalue weighted by Crippen LogP contribution is 2.28. The van der Waals surface area contributed by atoms with Crippen molar-refractivity contribution in [1.29, 1.82) is 0 Å². The van der Waals surface area contributed by atoms with Crippen LogP contribution in [0, 0.1) is 6.92 Å². The quantitative estimate of drug-likeness (QED) is 0.526. The van der Waals surface area contributed by atoms with E-state index in [4.69, 9.17) is 32.4 Å². The van der Waals surface area contributed by atoms with Crippen LogP contribution in [0.1, 0.15) is 28.0 Å². The SMILES string of the molecule is COc1ccc(-c2ocnc2C(=O)NCCCc2ccc(Cl)c(Cl)c2)cc1C. The number of ether oxygens (including phenoxy) is 1. The maximum absolute atomic E-state index is 12.5. The molecule has 5 nitrogen and oxygen atoms in total. The maximum Gasteiger partial charge on any atom is 0.273 e. The fraction of sp³-hybridized carbons (Fsp3) is 0.238. The summed E-state index contributed by atoms with van der Waals surface area (Å²) in [5.41, 5.74) is 3.06. The molecule has 0 spiro atoms. The van der Waals surface area contributed by atoms with Crippen molar-refractivity contribution in [3.63, 3.8) is 0 Å². The predicted octanol–water partition coefficient (Wildman–Crippen LogP) is 5.33. The molecule has 0 unspecified atom stereocenters. The third kappa shape index (κ3) is 4.66. The van der Waals surface area contributed by atoms with E-state index in [1.54, 1.807) is 13.2 Å². The highest BCUT2D eigenvalue weighted by Gasteiger charge is 2.18. The van der Waals surface area contributed by atoms with E-state index in [-0.39, 0.29) is 11.6 Å². The van der Waals surface area contributed by atoms with E-state index in [1.807, 2.05) is 37.3 Å². The molecular weight excluding hydrogens is 399 g/mol. The molecule has 7 heteroatoms. The highest BCUT2D eigenvalue weighted by molar-refractivity contribution is 6.42. The van der Waals surface area contributed by atoms with Gasteiger partial charge in [0.1, 0.15) is 5.75 Å². The Morgan fingerprint density at radius 1 is 1.18 bits per heavy atom. The third-order valence-corrected chi connectivity index (χ3v) is 5.09. The zero-order valence-electron chi connectivity index (χ0n) is 15.6. The van der Waals surface area contributed by atoms with Crippen LogP contribution in [0.2, 0.25) is 10.0 Å². The number of carbonyl (C=O) groups is 1. The van der Waals surface area contributed by atoms with Crippen LogP contribution in [0.25, 0.3) is 11.3 Å². The Bertz CT molecular complexity index is 986. The van der Waals surface area contributed by atoms with Gasteiger partial charge in [0.15, 0.2) is 17.8 Å². The summed E-state index contributed by atoms with van der Waals surface area (Å²) in [5.74, 6) is 0.940. The molecule has 0 bridgehead atoms. The summed E-state index contributed by atoms with van der Waals surface area (Å²) in [6, 6.07) is 11.1. The highest BCUT2D eigenvalue weighted by atomic mass is 35.5. The van der Waals surface area contributed by atoms with Gasteiger partial charge in [0.2, 0.25) is 0 Å². The molecule has 0 saturated carbocycles. The van der Waals surface area contributed by atoms with Crippen LogP contribution in [0.3, 0.4) is 0 Å². The molecule has 0 atom stereocenters. The molecule has 1 amide bonds. The van der Waals surface area contributed by atoms with Crippen molar-refractivity contribution in [3.8, 4) is 17.1 Å². The Balaban J connectivity index is 1.60. The number of carbonyl (C=O) groups excluding carboxylic acids is 1. The maximum atomic E-state index is 12.5. The van der Waals surface area contributed by atoms with Gasteiger partial charge in [-0.3, -0.25) is 4.79 Å². The van der Waals surface area contributed by atoms with Crippen LogP contribution >= 0.6 is 23.2 Å². The first-order chi connectivity index (χ1) is 13.5. The summed E-state index contributed by atoms with van der Waals surface area (Å²) in [6.07, 6.45) is 2.82. The number of nitrogens with one attached hydrogen (secondary N) is 1. The second kappa shape index (κ2) is 9.13. The van der Waals surface area contributed by atoms with E-state index in [0.29, 0.717) is 22.4 Å². The minimum absolute atomic E-state index is 0.263. The van der Waals surface area contributed by atoms with Crippen LogP contribution in [-0.4, -0.2) is 24.5 Å². The molecule has 1 aromatic heterocycles. The predicted molar refractivity (Wildman–Crippen MR) is 110 cm³/mol. The van der Waals surface area contributed by atoms with E-state index in [9.17, 15) is 4.79 Å². The number of hydrogen-bond donors (Lipinski definition) is 1. The van der Waals surface area contributed by atoms with Gasteiger partial charge in [-0.25, -0.2) is 4.98 Å². The Labute approximate surface area is 173 Å². The summed E-state index contributed by atoms with van der Waals surface area (Å²) in [4.78, 5) is 16.6. The molecular formula is C21H20Cl2N2O3. The smallest absolute Gasteiger partial charge is 0.273 e. The topological polar surface area (TPSA) is 64.4 Å². The molecule has 3 rings (SSSR count). The van der Waals surface area contributed by atoms with Gasteiger partial charge in [0.05, 0.1) is 17.2 Å². The largest absolute Gasteiger partial charge is 0.496 e. The van der Waals surface area contributed by atoms with E-state index in [1.165, 1.54) is 6.39 Å². The Morgan fingerprint density at radius 3 is 2.71 bits per heavy atom. The van der Waals surface area contributed by atoms with Gasteiger partial charge in [0, 0.05) is 12.1 Å². The molecule has 1 heterocycles. The number of nitrogens with zero attached hydrogens (tertiary/aromatic N) is 1. The van der Waals surface area contributed by atoms with Crippen molar-refractivity contribution in [3.05, 3.63) is 69.7 Å². The van der Waals surface area contributed by atoms with E-state index in [0.717, 1.165) is 35.3 Å². The number of methoxy groups -OCH3 is 1. The second-order valence-corrected chi connectivity index (χ2v) is 7.14. The van der Waals surface area contributed by atoms with Gasteiger partial charge in [-0.1, -0.05) is 29.3 Å². The van der Waals surface area contributed by atoms with Crippen molar-refractivity contribution in [2.24, 2.45) is 0 Å². The molecule has 0 saturated heterocycles. The number of halogens is 2. The zero-order valence-corrected chi connectivity index (χ0v) is 17.1. The fourth-order valence-corrected chi connectivity index (χ4v) is 3.23. The van der Waals surface area contributed by atoms with Crippen molar-refractivity contribution < 1.29 is 13.9 Å². The monoisotopic (exact) mass is 418 g/mol. The van der Waals surface area contributed by atoms with Gasteiger partial charge in [-0.05, 0) is 61.2 Å². The molecule has 0 aliphatic rings. The summed E-state index contributed by atoms with van der Waals surface area (Å²) >= 11 is 11.9. The first-order valence-electron chi connectivity index (χ1n) is 8.80. The minimum Gasteiger partial charge on any atom is -0.496 e. The van der Waals surface area contributed by atoms with Crippen LogP contribution in [-0.2, 0) is 6.42 Å². The average molecular weight is 419 g/mol. The van der Waals surface area contributed by atoms with Crippen LogP contribution < -0.4 is 10.1 Å². The van der Waals surface area contributed by atoms with Crippen molar-refractivity contribution >= 4 is 29.1 Å². The second-order valence-electron chi connectivity index (χ2n) is 6.32. The summed E-state index contributed by atoms with van der Waals surface area (Å²) in [7, 11) is 1.62. The third-order valence-electron chi connectivity index (χ3n) is 4.35. The first kappa shape index (κ1) is 20.2.